The second-order valence-corrected chi connectivity index (χ2v) is 7.58. The number of rotatable bonds is 7. The topological polar surface area (TPSA) is 66.7 Å². The van der Waals surface area contributed by atoms with Gasteiger partial charge < -0.3 is 10.2 Å². The molecule has 0 saturated heterocycles. The Morgan fingerprint density at radius 2 is 1.94 bits per heavy atom. The van der Waals surface area contributed by atoms with Crippen LogP contribution in [0.2, 0.25) is 0 Å². The van der Waals surface area contributed by atoms with Crippen LogP contribution < -0.4 is 15.8 Å². The van der Waals surface area contributed by atoms with Crippen molar-refractivity contribution < 1.29 is 4.79 Å². The second kappa shape index (κ2) is 9.00. The summed E-state index contributed by atoms with van der Waals surface area (Å²) in [5, 5.41) is 3.52. The first-order valence-electron chi connectivity index (χ1n) is 10.6. The first-order valence-corrected chi connectivity index (χ1v) is 10.6. The van der Waals surface area contributed by atoms with Gasteiger partial charge in [0.1, 0.15) is 0 Å². The van der Waals surface area contributed by atoms with Gasteiger partial charge in [-0.05, 0) is 62.2 Å². The van der Waals surface area contributed by atoms with E-state index in [-0.39, 0.29) is 11.5 Å². The van der Waals surface area contributed by atoms with Crippen LogP contribution in [0.3, 0.4) is 0 Å². The molecule has 0 fully saturated rings. The predicted octanol–water partition coefficient (Wildman–Crippen LogP) is 3.80. The van der Waals surface area contributed by atoms with Crippen LogP contribution >= 0.6 is 0 Å². The highest BCUT2D eigenvalue weighted by molar-refractivity contribution is 6.00. The number of nitrogens with one attached hydrogen (secondary N) is 1. The molecule has 0 aliphatic carbocycles. The molecule has 0 unspecified atom stereocenters. The Morgan fingerprint density at radius 3 is 2.74 bits per heavy atom. The molecule has 158 valence electrons. The van der Waals surface area contributed by atoms with Gasteiger partial charge in [-0.3, -0.25) is 14.0 Å². The summed E-state index contributed by atoms with van der Waals surface area (Å²) in [5.41, 5.74) is 3.61. The van der Waals surface area contributed by atoms with E-state index >= 15 is 0 Å². The summed E-state index contributed by atoms with van der Waals surface area (Å²) in [4.78, 5) is 32.5. The molecule has 0 atom stereocenters. The van der Waals surface area contributed by atoms with Crippen LogP contribution in [-0.2, 0) is 0 Å². The van der Waals surface area contributed by atoms with E-state index in [1.54, 1.807) is 30.5 Å². The van der Waals surface area contributed by atoms with E-state index in [9.17, 15) is 9.59 Å². The van der Waals surface area contributed by atoms with Crippen molar-refractivity contribution in [2.45, 2.75) is 20.3 Å². The molecule has 2 aromatic carbocycles. The number of pyridine rings is 1. The Labute approximate surface area is 181 Å². The molecule has 6 heteroatoms. The minimum absolute atomic E-state index is 0.174. The number of nitrogens with zero attached hydrogens (tertiary/aromatic N) is 3. The minimum Gasteiger partial charge on any atom is -0.372 e. The van der Waals surface area contributed by atoms with Gasteiger partial charge >= 0.3 is 0 Å². The van der Waals surface area contributed by atoms with E-state index in [4.69, 9.17) is 0 Å². The highest BCUT2D eigenvalue weighted by Crippen LogP contribution is 2.16. The summed E-state index contributed by atoms with van der Waals surface area (Å²) >= 11 is 0. The SMILES string of the molecule is CCN(CCCNC(=O)c1cccn2c(=O)c3ccccc3nc12)c1cccc(C)c1. The summed E-state index contributed by atoms with van der Waals surface area (Å²) in [6.45, 7) is 6.51. The van der Waals surface area contributed by atoms with Gasteiger partial charge in [0, 0.05) is 31.5 Å². The fourth-order valence-electron chi connectivity index (χ4n) is 3.81. The first kappa shape index (κ1) is 20.6. The predicted molar refractivity (Wildman–Crippen MR) is 125 cm³/mol. The van der Waals surface area contributed by atoms with Crippen molar-refractivity contribution in [3.63, 3.8) is 0 Å². The van der Waals surface area contributed by atoms with Gasteiger partial charge in [0.2, 0.25) is 0 Å². The standard InChI is InChI=1S/C25H26N4O2/c1-3-28(19-10-6-9-18(2)17-19)15-8-14-26-24(30)21-12-7-16-29-23(21)27-22-13-5-4-11-20(22)25(29)31/h4-7,9-13,16-17H,3,8,14-15H2,1-2H3,(H,26,30). The second-order valence-electron chi connectivity index (χ2n) is 7.58. The van der Waals surface area contributed by atoms with E-state index in [2.05, 4.69) is 53.3 Å². The van der Waals surface area contributed by atoms with Gasteiger partial charge in [0.05, 0.1) is 16.5 Å². The van der Waals surface area contributed by atoms with Crippen molar-refractivity contribution in [1.29, 1.82) is 0 Å². The van der Waals surface area contributed by atoms with Crippen molar-refractivity contribution in [1.82, 2.24) is 14.7 Å². The number of para-hydroxylation sites is 1. The fraction of sp³-hybridized carbons (Fsp3) is 0.240. The third-order valence-corrected chi connectivity index (χ3v) is 5.43. The molecular weight excluding hydrogens is 388 g/mol. The number of carbonyl (C=O) groups excluding carboxylic acids is 1. The lowest BCUT2D eigenvalue weighted by atomic mass is 10.2. The minimum atomic E-state index is -0.223. The normalized spacial score (nSPS) is 11.0. The highest BCUT2D eigenvalue weighted by atomic mass is 16.1. The third-order valence-electron chi connectivity index (χ3n) is 5.43. The molecule has 2 aromatic heterocycles. The van der Waals surface area contributed by atoms with E-state index in [0.717, 1.165) is 19.5 Å². The number of fused-ring (bicyclic) bond motifs is 2. The van der Waals surface area contributed by atoms with Gasteiger partial charge in [-0.15, -0.1) is 0 Å². The first-order chi connectivity index (χ1) is 15.1. The summed E-state index contributed by atoms with van der Waals surface area (Å²) in [6, 6.07) is 19.0. The zero-order valence-corrected chi connectivity index (χ0v) is 17.8. The number of hydrogen-bond acceptors (Lipinski definition) is 4. The molecule has 0 aliphatic heterocycles. The van der Waals surface area contributed by atoms with Crippen LogP contribution in [0.15, 0.2) is 71.7 Å². The molecule has 4 rings (SSSR count). The molecule has 0 spiro atoms. The van der Waals surface area contributed by atoms with Gasteiger partial charge in [-0.25, -0.2) is 4.98 Å². The molecular formula is C25H26N4O2. The Kier molecular flexibility index (Phi) is 5.98. The Balaban J connectivity index is 1.47. The van der Waals surface area contributed by atoms with Crippen molar-refractivity contribution in [2.75, 3.05) is 24.5 Å². The van der Waals surface area contributed by atoms with Crippen molar-refractivity contribution >= 4 is 28.1 Å². The quantitative estimate of drug-likeness (QED) is 0.369. The molecule has 0 saturated carbocycles. The Hall–Kier alpha value is -3.67. The number of anilines is 1. The number of aryl methyl sites for hydroxylation is 1. The maximum atomic E-state index is 12.9. The lowest BCUT2D eigenvalue weighted by Gasteiger charge is -2.23. The molecule has 4 aromatic rings. The molecule has 2 heterocycles. The van der Waals surface area contributed by atoms with Crippen LogP contribution in [0.4, 0.5) is 5.69 Å². The van der Waals surface area contributed by atoms with Crippen molar-refractivity contribution in [3.8, 4) is 0 Å². The zero-order valence-electron chi connectivity index (χ0n) is 17.8. The largest absolute Gasteiger partial charge is 0.372 e. The molecule has 6 nitrogen and oxygen atoms in total. The van der Waals surface area contributed by atoms with Crippen LogP contribution in [-0.4, -0.2) is 34.9 Å². The Bertz CT molecular complexity index is 1300. The smallest absolute Gasteiger partial charge is 0.265 e. The van der Waals surface area contributed by atoms with E-state index < -0.39 is 0 Å². The Morgan fingerprint density at radius 1 is 1.10 bits per heavy atom. The summed E-state index contributed by atoms with van der Waals surface area (Å²) in [6.07, 6.45) is 2.46. The number of carbonyl (C=O) groups is 1. The number of aromatic nitrogens is 2. The lowest BCUT2D eigenvalue weighted by Crippen LogP contribution is -2.30. The maximum Gasteiger partial charge on any atom is 0.265 e. The lowest BCUT2D eigenvalue weighted by molar-refractivity contribution is 0.0954. The molecule has 0 radical (unpaired) electrons. The van der Waals surface area contributed by atoms with Gasteiger partial charge in [0.25, 0.3) is 11.5 Å². The number of amides is 1. The molecule has 0 aliphatic rings. The van der Waals surface area contributed by atoms with E-state index in [1.807, 2.05) is 12.1 Å². The fourth-order valence-corrected chi connectivity index (χ4v) is 3.81. The molecule has 1 N–H and O–H groups in total. The molecule has 1 amide bonds. The third kappa shape index (κ3) is 4.28. The van der Waals surface area contributed by atoms with Crippen LogP contribution in [0.5, 0.6) is 0 Å². The van der Waals surface area contributed by atoms with Crippen molar-refractivity contribution in [3.05, 3.63) is 88.3 Å². The highest BCUT2D eigenvalue weighted by Gasteiger charge is 2.14. The van der Waals surface area contributed by atoms with Crippen LogP contribution in [0.25, 0.3) is 16.6 Å². The maximum absolute atomic E-state index is 12.9. The summed E-state index contributed by atoms with van der Waals surface area (Å²) in [5.74, 6) is -0.223. The van der Waals surface area contributed by atoms with E-state index in [1.165, 1.54) is 15.7 Å². The average Bonchev–Trinajstić information content (AvgIpc) is 2.79. The van der Waals surface area contributed by atoms with Gasteiger partial charge in [-0.2, -0.15) is 0 Å². The average molecular weight is 415 g/mol. The van der Waals surface area contributed by atoms with E-state index in [0.29, 0.717) is 28.7 Å². The molecule has 31 heavy (non-hydrogen) atoms. The van der Waals surface area contributed by atoms with Crippen LogP contribution in [0, 0.1) is 6.92 Å². The summed E-state index contributed by atoms with van der Waals surface area (Å²) < 4.78 is 1.44. The zero-order chi connectivity index (χ0) is 21.8. The van der Waals surface area contributed by atoms with Gasteiger partial charge in [-0.1, -0.05) is 24.3 Å². The van der Waals surface area contributed by atoms with Crippen molar-refractivity contribution in [2.24, 2.45) is 0 Å². The molecule has 0 bridgehead atoms. The monoisotopic (exact) mass is 414 g/mol. The van der Waals surface area contributed by atoms with Gasteiger partial charge in [0.15, 0.2) is 5.65 Å². The number of benzene rings is 2. The number of hydrogen-bond donors (Lipinski definition) is 1. The van der Waals surface area contributed by atoms with Crippen LogP contribution in [0.1, 0.15) is 29.3 Å². The summed E-state index contributed by atoms with van der Waals surface area (Å²) in [7, 11) is 0.